The standard InChI is InChI=1S/C16H14N2O3S/c1-8-6-9(2)13-10(7-8)12(19)11-14(21-13)17-16-18(15(11)20)4-3-5-22-16/h6-7H,3-5H2,1-2H3. The molecule has 0 saturated heterocycles. The summed E-state index contributed by atoms with van der Waals surface area (Å²) in [5.41, 5.74) is 1.93. The molecule has 0 radical (unpaired) electrons. The molecule has 1 aliphatic rings. The van der Waals surface area contributed by atoms with Gasteiger partial charge in [-0.25, -0.2) is 0 Å². The van der Waals surface area contributed by atoms with Crippen LogP contribution in [0.25, 0.3) is 22.1 Å². The molecule has 1 aromatic carbocycles. The zero-order valence-corrected chi connectivity index (χ0v) is 13.1. The number of hydrogen-bond acceptors (Lipinski definition) is 5. The number of fused-ring (bicyclic) bond motifs is 3. The molecule has 0 amide bonds. The van der Waals surface area contributed by atoms with Gasteiger partial charge in [-0.3, -0.25) is 14.2 Å². The Bertz CT molecular complexity index is 1050. The van der Waals surface area contributed by atoms with Gasteiger partial charge in [-0.15, -0.1) is 0 Å². The van der Waals surface area contributed by atoms with Crippen molar-refractivity contribution < 1.29 is 4.42 Å². The SMILES string of the molecule is Cc1cc(C)c2oc3nc4n(c(=O)c3c(=O)c2c1)CCCS4. The molecule has 0 unspecified atom stereocenters. The van der Waals surface area contributed by atoms with Crippen LogP contribution in [0.4, 0.5) is 0 Å². The topological polar surface area (TPSA) is 65.1 Å². The molecule has 0 saturated carbocycles. The quantitative estimate of drug-likeness (QED) is 0.471. The lowest BCUT2D eigenvalue weighted by Crippen LogP contribution is -2.29. The van der Waals surface area contributed by atoms with Crippen LogP contribution in [0.5, 0.6) is 0 Å². The summed E-state index contributed by atoms with van der Waals surface area (Å²) >= 11 is 1.53. The molecule has 5 nitrogen and oxygen atoms in total. The maximum absolute atomic E-state index is 12.8. The molecule has 4 rings (SSSR count). The van der Waals surface area contributed by atoms with E-state index in [1.165, 1.54) is 11.8 Å². The second-order valence-electron chi connectivity index (χ2n) is 5.62. The van der Waals surface area contributed by atoms with Crippen LogP contribution >= 0.6 is 11.8 Å². The predicted octanol–water partition coefficient (Wildman–Crippen LogP) is 2.62. The second kappa shape index (κ2) is 4.71. The fraction of sp³-hybridized carbons (Fsp3) is 0.312. The molecular weight excluding hydrogens is 300 g/mol. The first-order valence-electron chi connectivity index (χ1n) is 7.17. The summed E-state index contributed by atoms with van der Waals surface area (Å²) in [7, 11) is 0. The van der Waals surface area contributed by atoms with Gasteiger partial charge in [-0.05, 0) is 37.5 Å². The highest BCUT2D eigenvalue weighted by atomic mass is 32.2. The molecule has 0 atom stereocenters. The third-order valence-corrected chi connectivity index (χ3v) is 5.01. The summed E-state index contributed by atoms with van der Waals surface area (Å²) in [6.45, 7) is 4.42. The van der Waals surface area contributed by atoms with Crippen molar-refractivity contribution in [3.05, 3.63) is 43.8 Å². The van der Waals surface area contributed by atoms with Gasteiger partial charge in [-0.2, -0.15) is 4.98 Å². The Morgan fingerprint density at radius 1 is 1.27 bits per heavy atom. The van der Waals surface area contributed by atoms with Gasteiger partial charge in [0.1, 0.15) is 5.58 Å². The molecule has 0 spiro atoms. The van der Waals surface area contributed by atoms with Gasteiger partial charge in [-0.1, -0.05) is 17.8 Å². The number of hydrogen-bond donors (Lipinski definition) is 0. The molecule has 3 aromatic rings. The van der Waals surface area contributed by atoms with E-state index >= 15 is 0 Å². The fourth-order valence-corrected chi connectivity index (χ4v) is 3.90. The molecule has 112 valence electrons. The number of benzene rings is 1. The lowest BCUT2D eigenvalue weighted by Gasteiger charge is -2.16. The molecule has 0 aliphatic carbocycles. The van der Waals surface area contributed by atoms with Crippen LogP contribution in [-0.4, -0.2) is 15.3 Å². The second-order valence-corrected chi connectivity index (χ2v) is 6.69. The van der Waals surface area contributed by atoms with Crippen molar-refractivity contribution in [2.45, 2.75) is 32.0 Å². The smallest absolute Gasteiger partial charge is 0.269 e. The zero-order valence-electron chi connectivity index (χ0n) is 12.3. The summed E-state index contributed by atoms with van der Waals surface area (Å²) in [6, 6.07) is 3.73. The molecular formula is C16H14N2O3S. The van der Waals surface area contributed by atoms with Crippen LogP contribution in [0.3, 0.4) is 0 Å². The molecule has 3 heterocycles. The average Bonchev–Trinajstić information content (AvgIpc) is 2.49. The average molecular weight is 314 g/mol. The van der Waals surface area contributed by atoms with Crippen molar-refractivity contribution in [2.24, 2.45) is 0 Å². The van der Waals surface area contributed by atoms with Crippen LogP contribution < -0.4 is 11.0 Å². The van der Waals surface area contributed by atoms with E-state index < -0.39 is 0 Å². The minimum atomic E-state index is -0.290. The molecule has 0 fully saturated rings. The Morgan fingerprint density at radius 3 is 2.91 bits per heavy atom. The van der Waals surface area contributed by atoms with Crippen molar-refractivity contribution in [3.63, 3.8) is 0 Å². The van der Waals surface area contributed by atoms with Crippen LogP contribution in [0, 0.1) is 13.8 Å². The molecule has 0 bridgehead atoms. The number of aryl methyl sites for hydroxylation is 2. The van der Waals surface area contributed by atoms with Crippen LogP contribution in [0.1, 0.15) is 17.5 Å². The van der Waals surface area contributed by atoms with Gasteiger partial charge in [0.25, 0.3) is 5.56 Å². The molecule has 22 heavy (non-hydrogen) atoms. The van der Waals surface area contributed by atoms with Crippen molar-refractivity contribution in [3.8, 4) is 0 Å². The van der Waals surface area contributed by atoms with Crippen LogP contribution in [0.2, 0.25) is 0 Å². The number of thioether (sulfide) groups is 1. The highest BCUT2D eigenvalue weighted by molar-refractivity contribution is 7.99. The van der Waals surface area contributed by atoms with E-state index in [4.69, 9.17) is 4.42 Å². The fourth-order valence-electron chi connectivity index (χ4n) is 2.97. The molecule has 1 aliphatic heterocycles. The van der Waals surface area contributed by atoms with E-state index in [0.29, 0.717) is 22.7 Å². The summed E-state index contributed by atoms with van der Waals surface area (Å²) in [6.07, 6.45) is 0.905. The summed E-state index contributed by atoms with van der Waals surface area (Å²) in [5.74, 6) is 0.925. The van der Waals surface area contributed by atoms with Gasteiger partial charge in [0.2, 0.25) is 11.1 Å². The van der Waals surface area contributed by atoms with E-state index in [9.17, 15) is 9.59 Å². The Hall–Kier alpha value is -2.08. The first-order chi connectivity index (χ1) is 10.6. The maximum Gasteiger partial charge on any atom is 0.269 e. The third-order valence-electron chi connectivity index (χ3n) is 3.95. The maximum atomic E-state index is 12.8. The number of nitrogens with zero attached hydrogens (tertiary/aromatic N) is 2. The summed E-state index contributed by atoms with van der Waals surface area (Å²) in [4.78, 5) is 29.8. The van der Waals surface area contributed by atoms with Crippen LogP contribution in [-0.2, 0) is 6.54 Å². The summed E-state index contributed by atoms with van der Waals surface area (Å²) < 4.78 is 7.41. The van der Waals surface area contributed by atoms with Crippen molar-refractivity contribution >= 4 is 33.8 Å². The largest absolute Gasteiger partial charge is 0.437 e. The number of rotatable bonds is 0. The Balaban J connectivity index is 2.24. The summed E-state index contributed by atoms with van der Waals surface area (Å²) in [5, 5.41) is 1.15. The first-order valence-corrected chi connectivity index (χ1v) is 8.16. The zero-order chi connectivity index (χ0) is 15.4. The highest BCUT2D eigenvalue weighted by Gasteiger charge is 2.20. The molecule has 0 N–H and O–H groups in total. The van der Waals surface area contributed by atoms with Gasteiger partial charge in [0.05, 0.1) is 5.39 Å². The number of aromatic nitrogens is 2. The lowest BCUT2D eigenvalue weighted by atomic mass is 10.1. The minimum absolute atomic E-state index is 0.0590. The predicted molar refractivity (Wildman–Crippen MR) is 86.9 cm³/mol. The Morgan fingerprint density at radius 2 is 2.09 bits per heavy atom. The normalized spacial score (nSPS) is 14.5. The van der Waals surface area contributed by atoms with Gasteiger partial charge >= 0.3 is 0 Å². The van der Waals surface area contributed by atoms with E-state index in [1.54, 1.807) is 10.6 Å². The van der Waals surface area contributed by atoms with E-state index in [-0.39, 0.29) is 22.1 Å². The minimum Gasteiger partial charge on any atom is -0.437 e. The first kappa shape index (κ1) is 13.6. The molecule has 6 heteroatoms. The van der Waals surface area contributed by atoms with Gasteiger partial charge in [0.15, 0.2) is 10.5 Å². The third kappa shape index (κ3) is 1.83. The van der Waals surface area contributed by atoms with Crippen molar-refractivity contribution in [2.75, 3.05) is 5.75 Å². The van der Waals surface area contributed by atoms with Gasteiger partial charge < -0.3 is 4.42 Å². The Labute approximate surface area is 130 Å². The van der Waals surface area contributed by atoms with Crippen LogP contribution in [0.15, 0.2) is 31.3 Å². The van der Waals surface area contributed by atoms with E-state index in [2.05, 4.69) is 4.98 Å². The highest BCUT2D eigenvalue weighted by Crippen LogP contribution is 2.25. The monoisotopic (exact) mass is 314 g/mol. The molecule has 2 aromatic heterocycles. The van der Waals surface area contributed by atoms with Gasteiger partial charge in [0, 0.05) is 12.3 Å². The van der Waals surface area contributed by atoms with Crippen molar-refractivity contribution in [1.29, 1.82) is 0 Å². The lowest BCUT2D eigenvalue weighted by molar-refractivity contribution is 0.551. The van der Waals surface area contributed by atoms with E-state index in [0.717, 1.165) is 23.3 Å². The van der Waals surface area contributed by atoms with Crippen molar-refractivity contribution in [1.82, 2.24) is 9.55 Å². The van der Waals surface area contributed by atoms with E-state index in [1.807, 2.05) is 19.9 Å². The Kier molecular flexibility index (Phi) is 2.91.